The largest absolute Gasteiger partial charge is 1.00 e. The van der Waals surface area contributed by atoms with Crippen molar-refractivity contribution in [3.63, 3.8) is 0 Å². The number of ether oxygens (including phenoxy) is 3. The average Bonchev–Trinajstić information content (AvgIpc) is 3.71. The number of carbonyl (C=O) groups excluding carboxylic acids is 1. The molecule has 6 heterocycles. The van der Waals surface area contributed by atoms with E-state index in [9.17, 15) is 14.7 Å². The molecule has 0 unspecified atom stereocenters. The standard InChI is InChI=1S/C19H15ClN4O3.C18H13ClN4O3.Li.H2O/c1-26-17-7-14-16(9-22-17)24(23-18(14)19(25)27-2)10-11-3-4-15-12(5-11)6-13(20)8-21-15;1-26-16-6-13-15(8-21-16)23(22-17(13)18(24)25)9-10-2-3-14-11(4-10)5-12(19)7-20-14;;/h3-9H,10H2,1-2H3;2-8H,9H2,1H3,(H,24,25);;1H2/q;;+1;/p-1. The van der Waals surface area contributed by atoms with E-state index in [0.29, 0.717) is 56.7 Å². The second-order valence-electron chi connectivity index (χ2n) is 11.7. The Hall–Kier alpha value is -5.82. The number of rotatable bonds is 8. The minimum absolute atomic E-state index is 0. The molecular weight excluding hydrogens is 746 g/mol. The minimum atomic E-state index is -1.10. The molecule has 0 spiro atoms. The number of fused-ring (bicyclic) bond motifs is 4. The van der Waals surface area contributed by atoms with E-state index >= 15 is 0 Å². The summed E-state index contributed by atoms with van der Waals surface area (Å²) in [6, 6.07) is 18.6. The maximum Gasteiger partial charge on any atom is 1.00 e. The molecule has 0 saturated carbocycles. The predicted molar refractivity (Wildman–Crippen MR) is 200 cm³/mol. The van der Waals surface area contributed by atoms with Crippen molar-refractivity contribution in [2.24, 2.45) is 0 Å². The Labute approximate surface area is 334 Å². The number of hydrogen-bond acceptors (Lipinski definition) is 12. The SMILES string of the molecule is COC(=O)c1nn(Cc2ccc3ncc(Cl)cc3c2)c2cnc(OC)cc12.COc1cc2c(C(=O)O)nn(Cc3ccc4ncc(Cl)cc4c3)c2cn1.[Li+].[OH-]. The summed E-state index contributed by atoms with van der Waals surface area (Å²) < 4.78 is 18.4. The van der Waals surface area contributed by atoms with Gasteiger partial charge in [-0.15, -0.1) is 0 Å². The summed E-state index contributed by atoms with van der Waals surface area (Å²) in [6.45, 7) is 0.837. The fraction of sp³-hybridized carbons (Fsp3) is 0.135. The van der Waals surface area contributed by atoms with Gasteiger partial charge in [0.25, 0.3) is 0 Å². The van der Waals surface area contributed by atoms with Gasteiger partial charge in [-0.1, -0.05) is 35.3 Å². The number of aromatic nitrogens is 8. The van der Waals surface area contributed by atoms with Crippen molar-refractivity contribution in [2.75, 3.05) is 21.3 Å². The zero-order chi connectivity index (χ0) is 37.2. The molecule has 0 radical (unpaired) electrons. The smallest absolute Gasteiger partial charge is 0.870 e. The number of hydrogen-bond donors (Lipinski definition) is 1. The van der Waals surface area contributed by atoms with Crippen molar-refractivity contribution in [3.05, 3.63) is 118 Å². The topological polar surface area (TPSA) is 199 Å². The molecule has 8 aromatic rings. The molecule has 6 aromatic heterocycles. The summed E-state index contributed by atoms with van der Waals surface area (Å²) in [5, 5.41) is 22.2. The normalized spacial score (nSPS) is 10.7. The van der Waals surface area contributed by atoms with E-state index in [1.807, 2.05) is 48.5 Å². The van der Waals surface area contributed by atoms with Gasteiger partial charge in [-0.2, -0.15) is 10.2 Å². The molecule has 0 aliphatic rings. The summed E-state index contributed by atoms with van der Waals surface area (Å²) >= 11 is 12.1. The zero-order valence-electron chi connectivity index (χ0n) is 29.8. The summed E-state index contributed by atoms with van der Waals surface area (Å²) in [4.78, 5) is 40.6. The second-order valence-corrected chi connectivity index (χ2v) is 12.5. The van der Waals surface area contributed by atoms with Gasteiger partial charge in [0.2, 0.25) is 11.8 Å². The number of benzene rings is 2. The molecule has 0 amide bonds. The van der Waals surface area contributed by atoms with Crippen LogP contribution in [0.5, 0.6) is 11.8 Å². The average molecular weight is 776 g/mol. The zero-order valence-corrected chi connectivity index (χ0v) is 31.3. The molecule has 0 bridgehead atoms. The first-order chi connectivity index (χ1) is 25.6. The monoisotopic (exact) mass is 774 g/mol. The molecule has 274 valence electrons. The van der Waals surface area contributed by atoms with Crippen LogP contribution in [0.3, 0.4) is 0 Å². The third kappa shape index (κ3) is 8.46. The number of halogens is 2. The van der Waals surface area contributed by atoms with Crippen LogP contribution in [-0.4, -0.2) is 83.3 Å². The first kappa shape index (κ1) is 40.4. The van der Waals surface area contributed by atoms with Gasteiger partial charge in [-0.05, 0) is 47.5 Å². The van der Waals surface area contributed by atoms with Crippen LogP contribution in [0, 0.1) is 0 Å². The van der Waals surface area contributed by atoms with E-state index < -0.39 is 11.9 Å². The minimum Gasteiger partial charge on any atom is -0.870 e. The van der Waals surface area contributed by atoms with E-state index in [1.165, 1.54) is 21.3 Å². The number of carbonyl (C=O) groups is 2. The van der Waals surface area contributed by atoms with Crippen LogP contribution >= 0.6 is 23.2 Å². The number of nitrogens with zero attached hydrogens (tertiary/aromatic N) is 8. The maximum absolute atomic E-state index is 12.1. The maximum atomic E-state index is 12.1. The van der Waals surface area contributed by atoms with Crippen LogP contribution in [-0.2, 0) is 17.8 Å². The van der Waals surface area contributed by atoms with Crippen LogP contribution < -0.4 is 28.3 Å². The van der Waals surface area contributed by atoms with Gasteiger partial charge in [0.05, 0.1) is 78.9 Å². The van der Waals surface area contributed by atoms with Gasteiger partial charge in [0, 0.05) is 46.1 Å². The van der Waals surface area contributed by atoms with E-state index in [1.54, 1.807) is 46.3 Å². The molecule has 0 fully saturated rings. The molecule has 55 heavy (non-hydrogen) atoms. The molecule has 18 heteroatoms. The Morgan fingerprint density at radius 2 is 1.11 bits per heavy atom. The van der Waals surface area contributed by atoms with Crippen molar-refractivity contribution in [1.29, 1.82) is 0 Å². The van der Waals surface area contributed by atoms with Crippen molar-refractivity contribution >= 4 is 78.8 Å². The van der Waals surface area contributed by atoms with Gasteiger partial charge in [0.15, 0.2) is 11.4 Å². The van der Waals surface area contributed by atoms with Gasteiger partial charge in [0.1, 0.15) is 0 Å². The molecule has 0 aliphatic heterocycles. The number of esters is 1. The molecule has 15 nitrogen and oxygen atoms in total. The molecule has 2 N–H and O–H groups in total. The fourth-order valence-electron chi connectivity index (χ4n) is 5.83. The van der Waals surface area contributed by atoms with Gasteiger partial charge < -0.3 is 24.8 Å². The van der Waals surface area contributed by atoms with E-state index in [0.717, 1.165) is 32.9 Å². The Morgan fingerprint density at radius 3 is 1.55 bits per heavy atom. The van der Waals surface area contributed by atoms with E-state index in [2.05, 4.69) is 30.1 Å². The van der Waals surface area contributed by atoms with E-state index in [-0.39, 0.29) is 35.7 Å². The predicted octanol–water partition coefficient (Wildman–Crippen LogP) is 3.69. The molecular formula is C37H29Cl2LiN8O7. The van der Waals surface area contributed by atoms with Crippen LogP contribution in [0.1, 0.15) is 32.1 Å². The Balaban J connectivity index is 0.000000204. The first-order valence-corrected chi connectivity index (χ1v) is 16.6. The Bertz CT molecular complexity index is 2710. The summed E-state index contributed by atoms with van der Waals surface area (Å²) in [5.74, 6) is -0.873. The number of carboxylic acids is 1. The molecule has 2 aromatic carbocycles. The van der Waals surface area contributed by atoms with Crippen LogP contribution in [0.15, 0.2) is 85.5 Å². The number of methoxy groups -OCH3 is 3. The Kier molecular flexibility index (Phi) is 12.6. The summed E-state index contributed by atoms with van der Waals surface area (Å²) in [5.41, 5.74) is 5.14. The number of carboxylic acid groups (broad SMARTS) is 1. The van der Waals surface area contributed by atoms with Crippen molar-refractivity contribution < 1.29 is 53.2 Å². The molecule has 0 saturated heterocycles. The van der Waals surface area contributed by atoms with Crippen LogP contribution in [0.25, 0.3) is 43.6 Å². The van der Waals surface area contributed by atoms with Crippen molar-refractivity contribution in [1.82, 2.24) is 39.5 Å². The van der Waals surface area contributed by atoms with Crippen LogP contribution in [0.2, 0.25) is 10.0 Å². The van der Waals surface area contributed by atoms with Gasteiger partial charge in [-0.3, -0.25) is 19.3 Å². The third-order valence-electron chi connectivity index (χ3n) is 8.31. The fourth-order valence-corrected chi connectivity index (χ4v) is 6.16. The second kappa shape index (κ2) is 17.1. The van der Waals surface area contributed by atoms with Gasteiger partial charge in [-0.25, -0.2) is 19.6 Å². The number of pyridine rings is 4. The molecule has 0 aliphatic carbocycles. The van der Waals surface area contributed by atoms with Crippen molar-refractivity contribution in [3.8, 4) is 11.8 Å². The van der Waals surface area contributed by atoms with Crippen LogP contribution in [0.4, 0.5) is 0 Å². The molecule has 0 atom stereocenters. The van der Waals surface area contributed by atoms with Gasteiger partial charge >= 0.3 is 30.8 Å². The quantitative estimate of drug-likeness (QED) is 0.173. The molecule has 8 rings (SSSR count). The van der Waals surface area contributed by atoms with Crippen molar-refractivity contribution in [2.45, 2.75) is 13.1 Å². The summed E-state index contributed by atoms with van der Waals surface area (Å²) in [7, 11) is 4.32. The third-order valence-corrected chi connectivity index (χ3v) is 8.73. The van der Waals surface area contributed by atoms with E-state index in [4.69, 9.17) is 37.4 Å². The first-order valence-electron chi connectivity index (χ1n) is 15.8. The number of aromatic carboxylic acids is 1. The summed E-state index contributed by atoms with van der Waals surface area (Å²) in [6.07, 6.45) is 6.41. The Morgan fingerprint density at radius 1 is 0.655 bits per heavy atom.